The maximum atomic E-state index is 11.7. The van der Waals surface area contributed by atoms with Crippen molar-refractivity contribution in [2.24, 2.45) is 5.73 Å². The molecule has 1 aromatic carbocycles. The van der Waals surface area contributed by atoms with Crippen molar-refractivity contribution in [3.05, 3.63) is 24.3 Å². The number of hydrogen-bond acceptors (Lipinski definition) is 4. The first kappa shape index (κ1) is 15.0. The third-order valence-corrected chi connectivity index (χ3v) is 2.25. The Bertz CT molecular complexity index is 435. The summed E-state index contributed by atoms with van der Waals surface area (Å²) in [4.78, 5) is 23.0. The maximum absolute atomic E-state index is 11.7. The van der Waals surface area contributed by atoms with Gasteiger partial charge in [-0.05, 0) is 19.1 Å². The van der Waals surface area contributed by atoms with E-state index in [4.69, 9.17) is 10.5 Å². The van der Waals surface area contributed by atoms with E-state index in [-0.39, 0.29) is 18.2 Å². The Hall–Kier alpha value is -2.08. The van der Waals surface area contributed by atoms with Crippen LogP contribution in [0.3, 0.4) is 0 Å². The first-order valence-corrected chi connectivity index (χ1v) is 6.15. The molecule has 0 heterocycles. The van der Waals surface area contributed by atoms with Crippen LogP contribution in [0.5, 0.6) is 5.75 Å². The number of carbonyl (C=O) groups is 2. The van der Waals surface area contributed by atoms with Crippen LogP contribution < -0.4 is 21.1 Å². The summed E-state index contributed by atoms with van der Waals surface area (Å²) < 4.78 is 5.38. The fourth-order valence-electron chi connectivity index (χ4n) is 1.47. The lowest BCUT2D eigenvalue weighted by Gasteiger charge is -2.11. The predicted molar refractivity (Wildman–Crippen MR) is 72.9 cm³/mol. The summed E-state index contributed by atoms with van der Waals surface area (Å²) in [6.07, 6.45) is -0.236. The second-order valence-electron chi connectivity index (χ2n) is 3.79. The van der Waals surface area contributed by atoms with Gasteiger partial charge in [0.25, 0.3) is 0 Å². The minimum atomic E-state index is -0.387. The summed E-state index contributed by atoms with van der Waals surface area (Å²) in [5.41, 5.74) is 5.81. The van der Waals surface area contributed by atoms with Crippen molar-refractivity contribution in [2.75, 3.05) is 25.0 Å². The molecule has 1 rings (SSSR count). The van der Waals surface area contributed by atoms with Crippen molar-refractivity contribution < 1.29 is 14.3 Å². The van der Waals surface area contributed by atoms with Gasteiger partial charge in [0.05, 0.1) is 12.3 Å². The van der Waals surface area contributed by atoms with Crippen molar-refractivity contribution in [2.45, 2.75) is 13.3 Å². The van der Waals surface area contributed by atoms with Crippen molar-refractivity contribution in [1.82, 2.24) is 5.32 Å². The standard InChI is InChI=1S/C13H19N3O3/c1-2-19-11-6-4-3-5-10(11)16-13(18)9-12(17)15-8-7-14/h3-6H,2,7-9,14H2,1H3,(H,15,17)(H,16,18). The van der Waals surface area contributed by atoms with Crippen LogP contribution in [0.1, 0.15) is 13.3 Å². The lowest BCUT2D eigenvalue weighted by Crippen LogP contribution is -2.32. The molecule has 0 bridgehead atoms. The molecule has 0 atom stereocenters. The van der Waals surface area contributed by atoms with Crippen LogP contribution in [0, 0.1) is 0 Å². The number of nitrogens with two attached hydrogens (primary N) is 1. The highest BCUT2D eigenvalue weighted by Gasteiger charge is 2.11. The Morgan fingerprint density at radius 1 is 1.26 bits per heavy atom. The highest BCUT2D eigenvalue weighted by molar-refractivity contribution is 6.04. The first-order valence-electron chi connectivity index (χ1n) is 6.15. The van der Waals surface area contributed by atoms with E-state index in [1.54, 1.807) is 18.2 Å². The number of nitrogens with one attached hydrogen (secondary N) is 2. The molecule has 0 aromatic heterocycles. The number of rotatable bonds is 7. The third kappa shape index (κ3) is 5.39. The molecular formula is C13H19N3O3. The van der Waals surface area contributed by atoms with Gasteiger partial charge in [-0.15, -0.1) is 0 Å². The Morgan fingerprint density at radius 3 is 2.68 bits per heavy atom. The summed E-state index contributed by atoms with van der Waals surface area (Å²) in [5.74, 6) is -0.153. The number of amides is 2. The fourth-order valence-corrected chi connectivity index (χ4v) is 1.47. The minimum Gasteiger partial charge on any atom is -0.492 e. The van der Waals surface area contributed by atoms with Crippen LogP contribution >= 0.6 is 0 Å². The van der Waals surface area contributed by atoms with Gasteiger partial charge in [0.15, 0.2) is 0 Å². The topological polar surface area (TPSA) is 93.4 Å². The number of anilines is 1. The number of para-hydroxylation sites is 2. The third-order valence-electron chi connectivity index (χ3n) is 2.25. The smallest absolute Gasteiger partial charge is 0.233 e. The van der Waals surface area contributed by atoms with Crippen LogP contribution in [0.25, 0.3) is 0 Å². The van der Waals surface area contributed by atoms with Crippen molar-refractivity contribution >= 4 is 17.5 Å². The molecule has 0 saturated heterocycles. The highest BCUT2D eigenvalue weighted by Crippen LogP contribution is 2.23. The average Bonchev–Trinajstić information content (AvgIpc) is 2.39. The second kappa shape index (κ2) is 8.10. The molecule has 0 aliphatic carbocycles. The van der Waals surface area contributed by atoms with Crippen LogP contribution in [0.2, 0.25) is 0 Å². The predicted octanol–water partition coefficient (Wildman–Crippen LogP) is 0.489. The molecule has 0 aliphatic rings. The molecule has 0 aliphatic heterocycles. The molecule has 2 amide bonds. The first-order chi connectivity index (χ1) is 9.17. The van der Waals surface area contributed by atoms with E-state index < -0.39 is 0 Å². The van der Waals surface area contributed by atoms with Gasteiger partial charge in [-0.3, -0.25) is 9.59 Å². The van der Waals surface area contributed by atoms with Gasteiger partial charge in [-0.25, -0.2) is 0 Å². The number of carbonyl (C=O) groups excluding carboxylic acids is 2. The van der Waals surface area contributed by atoms with E-state index in [2.05, 4.69) is 10.6 Å². The van der Waals surface area contributed by atoms with E-state index in [1.807, 2.05) is 13.0 Å². The fraction of sp³-hybridized carbons (Fsp3) is 0.385. The molecule has 1 aromatic rings. The zero-order chi connectivity index (χ0) is 14.1. The molecule has 0 radical (unpaired) electrons. The van der Waals surface area contributed by atoms with Crippen molar-refractivity contribution in [3.63, 3.8) is 0 Å². The maximum Gasteiger partial charge on any atom is 0.233 e. The Morgan fingerprint density at radius 2 is 2.00 bits per heavy atom. The summed E-state index contributed by atoms with van der Waals surface area (Å²) in [7, 11) is 0. The van der Waals surface area contributed by atoms with Gasteiger partial charge in [0.2, 0.25) is 11.8 Å². The molecule has 0 spiro atoms. The monoisotopic (exact) mass is 265 g/mol. The van der Waals surface area contributed by atoms with Gasteiger partial charge < -0.3 is 21.1 Å². The average molecular weight is 265 g/mol. The van der Waals surface area contributed by atoms with E-state index in [0.29, 0.717) is 31.1 Å². The number of benzene rings is 1. The SMILES string of the molecule is CCOc1ccccc1NC(=O)CC(=O)NCCN. The van der Waals surface area contributed by atoms with Gasteiger partial charge in [-0.2, -0.15) is 0 Å². The van der Waals surface area contributed by atoms with Crippen LogP contribution in [0.4, 0.5) is 5.69 Å². The molecule has 0 saturated carbocycles. The molecule has 4 N–H and O–H groups in total. The molecule has 0 unspecified atom stereocenters. The Labute approximate surface area is 112 Å². The minimum absolute atomic E-state index is 0.236. The largest absolute Gasteiger partial charge is 0.492 e. The van der Waals surface area contributed by atoms with E-state index in [0.717, 1.165) is 0 Å². The van der Waals surface area contributed by atoms with E-state index >= 15 is 0 Å². The Kier molecular flexibility index (Phi) is 6.38. The summed E-state index contributed by atoms with van der Waals surface area (Å²) in [6.45, 7) is 3.07. The Balaban J connectivity index is 2.54. The zero-order valence-corrected chi connectivity index (χ0v) is 10.9. The zero-order valence-electron chi connectivity index (χ0n) is 10.9. The molecule has 19 heavy (non-hydrogen) atoms. The molecule has 6 nitrogen and oxygen atoms in total. The van der Waals surface area contributed by atoms with Gasteiger partial charge >= 0.3 is 0 Å². The molecule has 0 fully saturated rings. The highest BCUT2D eigenvalue weighted by atomic mass is 16.5. The van der Waals surface area contributed by atoms with E-state index in [1.165, 1.54) is 0 Å². The lowest BCUT2D eigenvalue weighted by atomic mass is 10.2. The quantitative estimate of drug-likeness (QED) is 0.625. The van der Waals surface area contributed by atoms with Gasteiger partial charge in [0, 0.05) is 13.1 Å². The van der Waals surface area contributed by atoms with Crippen molar-refractivity contribution in [3.8, 4) is 5.75 Å². The summed E-state index contributed by atoms with van der Waals surface area (Å²) in [6, 6.07) is 7.08. The summed E-state index contributed by atoms with van der Waals surface area (Å²) in [5, 5.41) is 5.18. The lowest BCUT2D eigenvalue weighted by molar-refractivity contribution is -0.126. The number of ether oxygens (including phenoxy) is 1. The van der Waals surface area contributed by atoms with Crippen LogP contribution in [0.15, 0.2) is 24.3 Å². The molecule has 6 heteroatoms. The van der Waals surface area contributed by atoms with Gasteiger partial charge in [-0.1, -0.05) is 12.1 Å². The van der Waals surface area contributed by atoms with Crippen LogP contribution in [-0.4, -0.2) is 31.5 Å². The molecular weight excluding hydrogens is 246 g/mol. The van der Waals surface area contributed by atoms with Crippen molar-refractivity contribution in [1.29, 1.82) is 0 Å². The van der Waals surface area contributed by atoms with Crippen LogP contribution in [-0.2, 0) is 9.59 Å². The summed E-state index contributed by atoms with van der Waals surface area (Å²) >= 11 is 0. The number of hydrogen-bond donors (Lipinski definition) is 3. The second-order valence-corrected chi connectivity index (χ2v) is 3.79. The normalized spacial score (nSPS) is 9.79. The van der Waals surface area contributed by atoms with E-state index in [9.17, 15) is 9.59 Å². The van der Waals surface area contributed by atoms with Gasteiger partial charge in [0.1, 0.15) is 12.2 Å². The molecule has 104 valence electrons.